The summed E-state index contributed by atoms with van der Waals surface area (Å²) in [4.78, 5) is 0. The van der Waals surface area contributed by atoms with E-state index in [1.807, 2.05) is 13.8 Å². The molecule has 1 heterocycles. The molecule has 0 bridgehead atoms. The van der Waals surface area contributed by atoms with E-state index in [1.165, 1.54) is 0 Å². The number of hydrogen-bond acceptors (Lipinski definition) is 2. The van der Waals surface area contributed by atoms with Gasteiger partial charge in [-0.25, -0.2) is 8.78 Å². The van der Waals surface area contributed by atoms with Gasteiger partial charge in [0.2, 0.25) is 0 Å². The zero-order valence-electron chi connectivity index (χ0n) is 13.2. The van der Waals surface area contributed by atoms with E-state index in [0.717, 1.165) is 18.9 Å². The molecule has 0 saturated carbocycles. The van der Waals surface area contributed by atoms with E-state index in [0.29, 0.717) is 17.7 Å². The van der Waals surface area contributed by atoms with Gasteiger partial charge in [-0.2, -0.15) is 0 Å². The minimum atomic E-state index is -0.491. The quantitative estimate of drug-likeness (QED) is 0.882. The molecule has 2 nitrogen and oxygen atoms in total. The molecule has 4 heteroatoms. The van der Waals surface area contributed by atoms with Gasteiger partial charge in [-0.05, 0) is 31.4 Å². The molecule has 1 aliphatic rings. The second kappa shape index (κ2) is 6.84. The minimum Gasteiger partial charge on any atom is -0.378 e. The predicted octanol–water partition coefficient (Wildman–Crippen LogP) is 4.13. The Hall–Kier alpha value is -1.00. The number of ether oxygens (including phenoxy) is 1. The van der Waals surface area contributed by atoms with Crippen LogP contribution in [0.1, 0.15) is 50.8 Å². The van der Waals surface area contributed by atoms with Gasteiger partial charge in [0, 0.05) is 36.2 Å². The second-order valence-electron chi connectivity index (χ2n) is 6.19. The molecule has 2 rings (SSSR count). The van der Waals surface area contributed by atoms with Crippen molar-refractivity contribution in [2.24, 2.45) is 5.92 Å². The Kier molecular flexibility index (Phi) is 5.33. The van der Waals surface area contributed by atoms with E-state index in [-0.39, 0.29) is 24.1 Å². The monoisotopic (exact) mass is 297 g/mol. The molecule has 0 spiro atoms. The van der Waals surface area contributed by atoms with Crippen molar-refractivity contribution in [3.8, 4) is 0 Å². The summed E-state index contributed by atoms with van der Waals surface area (Å²) in [5, 5.41) is 3.45. The number of aryl methyl sites for hydroxylation is 1. The van der Waals surface area contributed by atoms with Gasteiger partial charge in [-0.15, -0.1) is 0 Å². The molecule has 1 fully saturated rings. The first-order valence-corrected chi connectivity index (χ1v) is 7.77. The van der Waals surface area contributed by atoms with E-state index in [4.69, 9.17) is 4.74 Å². The van der Waals surface area contributed by atoms with Gasteiger partial charge < -0.3 is 10.1 Å². The third-order valence-corrected chi connectivity index (χ3v) is 4.22. The van der Waals surface area contributed by atoms with Gasteiger partial charge in [0.25, 0.3) is 0 Å². The Labute approximate surface area is 125 Å². The molecule has 3 atom stereocenters. The third kappa shape index (κ3) is 3.61. The summed E-state index contributed by atoms with van der Waals surface area (Å²) in [6, 6.07) is 2.71. The lowest BCUT2D eigenvalue weighted by molar-refractivity contribution is 0.0759. The molecule has 0 amide bonds. The molecule has 0 radical (unpaired) electrons. The van der Waals surface area contributed by atoms with Crippen LogP contribution in [0.3, 0.4) is 0 Å². The summed E-state index contributed by atoms with van der Waals surface area (Å²) >= 11 is 0. The first-order chi connectivity index (χ1) is 9.93. The average Bonchev–Trinajstić information content (AvgIpc) is 2.88. The SMILES string of the molecule is CCC1OCCC1C(NC(C)C)c1cc(C)c(F)cc1F. The van der Waals surface area contributed by atoms with Gasteiger partial charge in [0.15, 0.2) is 0 Å². The van der Waals surface area contributed by atoms with Crippen molar-refractivity contribution in [1.82, 2.24) is 5.32 Å². The summed E-state index contributed by atoms with van der Waals surface area (Å²) < 4.78 is 33.6. The molecular formula is C17H25F2NO. The van der Waals surface area contributed by atoms with Crippen molar-refractivity contribution in [2.45, 2.75) is 58.7 Å². The van der Waals surface area contributed by atoms with E-state index in [1.54, 1.807) is 13.0 Å². The lowest BCUT2D eigenvalue weighted by Gasteiger charge is -2.30. The van der Waals surface area contributed by atoms with Gasteiger partial charge in [0.05, 0.1) is 6.10 Å². The lowest BCUT2D eigenvalue weighted by atomic mass is 9.85. The van der Waals surface area contributed by atoms with Crippen LogP contribution in [0.15, 0.2) is 12.1 Å². The largest absolute Gasteiger partial charge is 0.378 e. The van der Waals surface area contributed by atoms with Crippen LogP contribution in [0.5, 0.6) is 0 Å². The minimum absolute atomic E-state index is 0.131. The first kappa shape index (κ1) is 16.4. The van der Waals surface area contributed by atoms with Crippen LogP contribution < -0.4 is 5.32 Å². The summed E-state index contributed by atoms with van der Waals surface area (Å²) in [5.74, 6) is -0.746. The Bertz CT molecular complexity index is 490. The van der Waals surface area contributed by atoms with E-state index in [2.05, 4.69) is 12.2 Å². The van der Waals surface area contributed by atoms with Gasteiger partial charge >= 0.3 is 0 Å². The molecule has 3 unspecified atom stereocenters. The van der Waals surface area contributed by atoms with Crippen molar-refractivity contribution in [1.29, 1.82) is 0 Å². The van der Waals surface area contributed by atoms with Gasteiger partial charge in [-0.1, -0.05) is 20.8 Å². The predicted molar refractivity (Wildman–Crippen MR) is 80.2 cm³/mol. The van der Waals surface area contributed by atoms with Gasteiger partial charge in [-0.3, -0.25) is 0 Å². The highest BCUT2D eigenvalue weighted by Crippen LogP contribution is 2.36. The molecule has 21 heavy (non-hydrogen) atoms. The lowest BCUT2D eigenvalue weighted by Crippen LogP contribution is -2.37. The van der Waals surface area contributed by atoms with Crippen LogP contribution in [0.25, 0.3) is 0 Å². The fourth-order valence-electron chi connectivity index (χ4n) is 3.19. The normalized spacial score (nSPS) is 23.8. The average molecular weight is 297 g/mol. The molecule has 0 aliphatic carbocycles. The fourth-order valence-corrected chi connectivity index (χ4v) is 3.19. The standard InChI is InChI=1S/C17H25F2NO/c1-5-16-12(6-7-21-16)17(20-10(2)3)13-8-11(4)14(18)9-15(13)19/h8-10,12,16-17,20H,5-7H2,1-4H3. The molecule has 118 valence electrons. The number of nitrogens with one attached hydrogen (secondary N) is 1. The van der Waals surface area contributed by atoms with Crippen LogP contribution in [0.2, 0.25) is 0 Å². The van der Waals surface area contributed by atoms with Crippen molar-refractivity contribution in [3.05, 3.63) is 34.9 Å². The number of benzene rings is 1. The number of hydrogen-bond donors (Lipinski definition) is 1. The van der Waals surface area contributed by atoms with Crippen LogP contribution in [0, 0.1) is 24.5 Å². The molecule has 1 N–H and O–H groups in total. The Morgan fingerprint density at radius 1 is 1.29 bits per heavy atom. The fraction of sp³-hybridized carbons (Fsp3) is 0.647. The van der Waals surface area contributed by atoms with E-state index in [9.17, 15) is 8.78 Å². The van der Waals surface area contributed by atoms with Crippen LogP contribution >= 0.6 is 0 Å². The molecular weight excluding hydrogens is 272 g/mol. The maximum Gasteiger partial charge on any atom is 0.130 e. The van der Waals surface area contributed by atoms with Crippen LogP contribution in [-0.4, -0.2) is 18.8 Å². The maximum absolute atomic E-state index is 14.3. The summed E-state index contributed by atoms with van der Waals surface area (Å²) in [6.45, 7) is 8.55. The smallest absolute Gasteiger partial charge is 0.130 e. The Morgan fingerprint density at radius 2 is 2.00 bits per heavy atom. The first-order valence-electron chi connectivity index (χ1n) is 7.77. The van der Waals surface area contributed by atoms with Crippen molar-refractivity contribution >= 4 is 0 Å². The molecule has 1 aliphatic heterocycles. The molecule has 0 aromatic heterocycles. The third-order valence-electron chi connectivity index (χ3n) is 4.22. The summed E-state index contributed by atoms with van der Waals surface area (Å²) in [6.07, 6.45) is 1.94. The van der Waals surface area contributed by atoms with Crippen LogP contribution in [-0.2, 0) is 4.74 Å². The summed E-state index contributed by atoms with van der Waals surface area (Å²) in [5.41, 5.74) is 1.03. The Balaban J connectivity index is 2.38. The van der Waals surface area contributed by atoms with E-state index >= 15 is 0 Å². The maximum atomic E-state index is 14.3. The Morgan fingerprint density at radius 3 is 2.62 bits per heavy atom. The zero-order chi connectivity index (χ0) is 15.6. The zero-order valence-corrected chi connectivity index (χ0v) is 13.2. The van der Waals surface area contributed by atoms with Crippen molar-refractivity contribution < 1.29 is 13.5 Å². The van der Waals surface area contributed by atoms with Crippen molar-refractivity contribution in [3.63, 3.8) is 0 Å². The van der Waals surface area contributed by atoms with Crippen LogP contribution in [0.4, 0.5) is 8.78 Å². The molecule has 1 aromatic rings. The molecule has 1 saturated heterocycles. The van der Waals surface area contributed by atoms with Crippen molar-refractivity contribution in [2.75, 3.05) is 6.61 Å². The number of rotatable bonds is 5. The topological polar surface area (TPSA) is 21.3 Å². The molecule has 1 aromatic carbocycles. The summed E-state index contributed by atoms with van der Waals surface area (Å²) in [7, 11) is 0. The highest BCUT2D eigenvalue weighted by molar-refractivity contribution is 5.29. The van der Waals surface area contributed by atoms with E-state index < -0.39 is 11.6 Å². The number of halogens is 2. The second-order valence-corrected chi connectivity index (χ2v) is 6.19. The highest BCUT2D eigenvalue weighted by atomic mass is 19.1. The van der Waals surface area contributed by atoms with Gasteiger partial charge in [0.1, 0.15) is 11.6 Å². The highest BCUT2D eigenvalue weighted by Gasteiger charge is 2.36.